The maximum Gasteiger partial charge on any atom is 0.0482 e. The molecule has 2 nitrogen and oxygen atoms in total. The van der Waals surface area contributed by atoms with Crippen LogP contribution in [-0.4, -0.2) is 23.8 Å². The molecular weight excluding hydrogens is 376 g/mol. The third-order valence-electron chi connectivity index (χ3n) is 6.38. The van der Waals surface area contributed by atoms with Crippen molar-refractivity contribution in [2.75, 3.05) is 13.1 Å². The molecule has 0 radical (unpaired) electrons. The number of rotatable bonds is 10. The van der Waals surface area contributed by atoms with Crippen molar-refractivity contribution in [3.05, 3.63) is 108 Å². The van der Waals surface area contributed by atoms with Crippen LogP contribution in [0.2, 0.25) is 0 Å². The van der Waals surface area contributed by atoms with E-state index in [0.717, 1.165) is 25.9 Å². The molecule has 3 aromatic rings. The van der Waals surface area contributed by atoms with Crippen LogP contribution in [0, 0.1) is 0 Å². The summed E-state index contributed by atoms with van der Waals surface area (Å²) < 4.78 is 0. The highest BCUT2D eigenvalue weighted by atomic mass is 15.5. The van der Waals surface area contributed by atoms with Crippen molar-refractivity contribution in [2.24, 2.45) is 5.10 Å². The highest BCUT2D eigenvalue weighted by Crippen LogP contribution is 2.31. The number of benzene rings is 3. The molecule has 0 saturated heterocycles. The molecular formula is C29H34N2. The molecule has 0 aliphatic carbocycles. The second-order valence-electron chi connectivity index (χ2n) is 8.59. The van der Waals surface area contributed by atoms with Gasteiger partial charge < -0.3 is 0 Å². The Morgan fingerprint density at radius 3 is 1.97 bits per heavy atom. The van der Waals surface area contributed by atoms with Gasteiger partial charge in [0.2, 0.25) is 0 Å². The van der Waals surface area contributed by atoms with Crippen LogP contribution >= 0.6 is 0 Å². The summed E-state index contributed by atoms with van der Waals surface area (Å²) >= 11 is 0. The zero-order chi connectivity index (χ0) is 21.3. The molecule has 0 bridgehead atoms. The van der Waals surface area contributed by atoms with Crippen LogP contribution in [0.5, 0.6) is 0 Å². The van der Waals surface area contributed by atoms with E-state index in [9.17, 15) is 0 Å². The number of nitrogens with zero attached hydrogens (tertiary/aromatic N) is 2. The predicted octanol–water partition coefficient (Wildman–Crippen LogP) is 7.24. The van der Waals surface area contributed by atoms with Gasteiger partial charge in [-0.3, -0.25) is 5.01 Å². The predicted molar refractivity (Wildman–Crippen MR) is 132 cm³/mol. The molecule has 160 valence electrons. The molecule has 0 amide bonds. The summed E-state index contributed by atoms with van der Waals surface area (Å²) in [6.45, 7) is 4.25. The molecule has 4 rings (SSSR count). The maximum absolute atomic E-state index is 5.13. The van der Waals surface area contributed by atoms with Crippen LogP contribution in [0.4, 0.5) is 0 Å². The van der Waals surface area contributed by atoms with Crippen LogP contribution in [0.3, 0.4) is 0 Å². The van der Waals surface area contributed by atoms with Gasteiger partial charge in [0, 0.05) is 30.6 Å². The molecule has 2 heteroatoms. The zero-order valence-electron chi connectivity index (χ0n) is 18.7. The van der Waals surface area contributed by atoms with Crippen LogP contribution in [-0.2, 0) is 0 Å². The quantitative estimate of drug-likeness (QED) is 0.322. The normalized spacial score (nSPS) is 16.0. The minimum Gasteiger partial charge on any atom is -0.296 e. The summed E-state index contributed by atoms with van der Waals surface area (Å²) in [7, 11) is 0. The van der Waals surface area contributed by atoms with Crippen LogP contribution < -0.4 is 0 Å². The van der Waals surface area contributed by atoms with Crippen molar-refractivity contribution in [2.45, 2.75) is 50.9 Å². The average molecular weight is 411 g/mol. The highest BCUT2D eigenvalue weighted by molar-refractivity contribution is 5.92. The van der Waals surface area contributed by atoms with Crippen molar-refractivity contribution < 1.29 is 0 Å². The Kier molecular flexibility index (Phi) is 7.55. The van der Waals surface area contributed by atoms with Gasteiger partial charge in [-0.05, 0) is 36.0 Å². The lowest BCUT2D eigenvalue weighted by Gasteiger charge is -2.22. The van der Waals surface area contributed by atoms with Crippen molar-refractivity contribution in [3.63, 3.8) is 0 Å². The molecule has 3 aromatic carbocycles. The third-order valence-corrected chi connectivity index (χ3v) is 6.38. The van der Waals surface area contributed by atoms with Crippen molar-refractivity contribution in [1.82, 2.24) is 5.01 Å². The van der Waals surface area contributed by atoms with Gasteiger partial charge in [-0.1, -0.05) is 111 Å². The molecule has 0 fully saturated rings. The van der Waals surface area contributed by atoms with E-state index in [1.807, 2.05) is 0 Å². The zero-order valence-corrected chi connectivity index (χ0v) is 18.7. The van der Waals surface area contributed by atoms with Gasteiger partial charge in [0.1, 0.15) is 0 Å². The molecule has 31 heavy (non-hydrogen) atoms. The first kappa shape index (κ1) is 21.4. The Morgan fingerprint density at radius 2 is 1.39 bits per heavy atom. The van der Waals surface area contributed by atoms with E-state index in [2.05, 4.69) is 103 Å². The lowest BCUT2D eigenvalue weighted by Crippen LogP contribution is -2.21. The van der Waals surface area contributed by atoms with Crippen molar-refractivity contribution in [1.29, 1.82) is 0 Å². The Balaban J connectivity index is 1.49. The van der Waals surface area contributed by atoms with E-state index in [1.54, 1.807) is 0 Å². The van der Waals surface area contributed by atoms with Crippen LogP contribution in [0.25, 0.3) is 0 Å². The standard InChI is InChI=1S/C29H34N2/c1-2-3-7-20-29-28(26-18-12-6-13-19-26)23-31(30-29)22-21-27(24-14-8-4-9-15-24)25-16-10-5-11-17-25/h4-6,8-19,27-28H,2-3,7,20-23H2,1H3. The monoisotopic (exact) mass is 410 g/mol. The fraction of sp³-hybridized carbons (Fsp3) is 0.345. The van der Waals surface area contributed by atoms with Gasteiger partial charge in [0.05, 0.1) is 0 Å². The number of unbranched alkanes of at least 4 members (excludes halogenated alkanes) is 2. The van der Waals surface area contributed by atoms with Gasteiger partial charge in [0.15, 0.2) is 0 Å². The van der Waals surface area contributed by atoms with E-state index < -0.39 is 0 Å². The largest absolute Gasteiger partial charge is 0.296 e. The smallest absolute Gasteiger partial charge is 0.0482 e. The lowest BCUT2D eigenvalue weighted by molar-refractivity contribution is 0.300. The second-order valence-corrected chi connectivity index (χ2v) is 8.59. The Labute approximate surface area is 187 Å². The highest BCUT2D eigenvalue weighted by Gasteiger charge is 2.28. The van der Waals surface area contributed by atoms with Crippen LogP contribution in [0.15, 0.2) is 96.1 Å². The fourth-order valence-corrected chi connectivity index (χ4v) is 4.69. The van der Waals surface area contributed by atoms with Crippen LogP contribution in [0.1, 0.15) is 67.6 Å². The van der Waals surface area contributed by atoms with Gasteiger partial charge in [-0.25, -0.2) is 0 Å². The minimum absolute atomic E-state index is 0.400. The summed E-state index contributed by atoms with van der Waals surface area (Å²) in [5, 5.41) is 7.46. The van der Waals surface area contributed by atoms with Gasteiger partial charge >= 0.3 is 0 Å². The topological polar surface area (TPSA) is 15.6 Å². The number of hydrogen-bond donors (Lipinski definition) is 0. The van der Waals surface area contributed by atoms with Crippen molar-refractivity contribution >= 4 is 5.71 Å². The summed E-state index contributed by atoms with van der Waals surface area (Å²) in [6, 6.07) is 32.8. The molecule has 0 aromatic heterocycles. The van der Waals surface area contributed by atoms with Crippen molar-refractivity contribution in [3.8, 4) is 0 Å². The summed E-state index contributed by atoms with van der Waals surface area (Å²) in [5.74, 6) is 0.835. The first-order chi connectivity index (χ1) is 15.3. The average Bonchev–Trinajstić information content (AvgIpc) is 3.24. The fourth-order valence-electron chi connectivity index (χ4n) is 4.69. The number of hydrazone groups is 1. The molecule has 0 spiro atoms. The van der Waals surface area contributed by atoms with E-state index >= 15 is 0 Å². The molecule has 1 unspecified atom stereocenters. The Hall–Kier alpha value is -2.87. The third kappa shape index (κ3) is 5.64. The summed E-state index contributed by atoms with van der Waals surface area (Å²) in [4.78, 5) is 0. The second kappa shape index (κ2) is 10.9. The molecule has 1 heterocycles. The molecule has 1 aliphatic rings. The van der Waals surface area contributed by atoms with Gasteiger partial charge in [-0.2, -0.15) is 5.10 Å². The Morgan fingerprint density at radius 1 is 0.806 bits per heavy atom. The Bertz CT molecular complexity index is 895. The van der Waals surface area contributed by atoms with Gasteiger partial charge in [-0.15, -0.1) is 0 Å². The van der Waals surface area contributed by atoms with E-state index in [4.69, 9.17) is 5.10 Å². The lowest BCUT2D eigenvalue weighted by atomic mass is 9.88. The van der Waals surface area contributed by atoms with E-state index in [-0.39, 0.29) is 0 Å². The SMILES string of the molecule is CCCCCC1=NN(CCC(c2ccccc2)c2ccccc2)CC1c1ccccc1. The summed E-state index contributed by atoms with van der Waals surface area (Å²) in [5.41, 5.74) is 5.55. The molecule has 0 N–H and O–H groups in total. The van der Waals surface area contributed by atoms with E-state index in [0.29, 0.717) is 11.8 Å². The molecule has 0 saturated carbocycles. The molecule has 1 atom stereocenters. The number of hydrogen-bond acceptors (Lipinski definition) is 2. The molecule has 1 aliphatic heterocycles. The maximum atomic E-state index is 5.13. The minimum atomic E-state index is 0.400. The van der Waals surface area contributed by atoms with Gasteiger partial charge in [0.25, 0.3) is 0 Å². The first-order valence-electron chi connectivity index (χ1n) is 11.8. The first-order valence-corrected chi connectivity index (χ1v) is 11.8. The van der Waals surface area contributed by atoms with E-state index in [1.165, 1.54) is 41.7 Å². The summed E-state index contributed by atoms with van der Waals surface area (Å²) in [6.07, 6.45) is 5.96.